The Kier molecular flexibility index (Phi) is 8.06. The van der Waals surface area contributed by atoms with E-state index < -0.39 is 16.1 Å². The molecule has 31 heavy (non-hydrogen) atoms. The minimum Gasteiger partial charge on any atom is -0.497 e. The van der Waals surface area contributed by atoms with Gasteiger partial charge in [-0.1, -0.05) is 30.3 Å². The van der Waals surface area contributed by atoms with Crippen LogP contribution in [0.4, 0.5) is 0 Å². The first-order chi connectivity index (χ1) is 14.9. The molecular formula is C23H30N2O5S. The number of carbonyl (C=O) groups excluding carboxylic acids is 1. The van der Waals surface area contributed by atoms with E-state index in [1.54, 1.807) is 44.4 Å². The van der Waals surface area contributed by atoms with Gasteiger partial charge in [-0.25, -0.2) is 8.42 Å². The molecule has 8 heteroatoms. The number of methoxy groups -OCH3 is 1. The zero-order chi connectivity index (χ0) is 22.3. The zero-order valence-electron chi connectivity index (χ0n) is 18.0. The molecule has 1 N–H and O–H groups in total. The maximum Gasteiger partial charge on any atom is 0.248 e. The molecule has 1 fully saturated rings. The summed E-state index contributed by atoms with van der Waals surface area (Å²) in [5.74, 6) is 0.831. The number of nitrogens with one attached hydrogen (secondary N) is 1. The number of piperidine rings is 1. The number of hydrogen-bond acceptors (Lipinski definition) is 5. The largest absolute Gasteiger partial charge is 0.497 e. The third-order valence-corrected chi connectivity index (χ3v) is 7.44. The Balaban J connectivity index is 1.41. The maximum atomic E-state index is 12.7. The highest BCUT2D eigenvalue weighted by Gasteiger charge is 2.29. The fourth-order valence-electron chi connectivity index (χ4n) is 3.54. The van der Waals surface area contributed by atoms with Gasteiger partial charge in [-0.3, -0.25) is 4.79 Å². The van der Waals surface area contributed by atoms with Crippen molar-refractivity contribution in [1.82, 2.24) is 9.62 Å². The number of benzene rings is 2. The van der Waals surface area contributed by atoms with E-state index in [1.165, 1.54) is 4.31 Å². The number of nitrogens with zero attached hydrogens (tertiary/aromatic N) is 1. The molecule has 1 aliphatic heterocycles. The summed E-state index contributed by atoms with van der Waals surface area (Å²) < 4.78 is 37.8. The normalized spacial score (nSPS) is 16.6. The van der Waals surface area contributed by atoms with Crippen LogP contribution in [0.5, 0.6) is 5.75 Å². The second-order valence-electron chi connectivity index (χ2n) is 7.71. The lowest BCUT2D eigenvalue weighted by Gasteiger charge is -2.31. The summed E-state index contributed by atoms with van der Waals surface area (Å²) in [7, 11) is -1.84. The van der Waals surface area contributed by atoms with Gasteiger partial charge < -0.3 is 14.8 Å². The van der Waals surface area contributed by atoms with Crippen LogP contribution in [0.25, 0.3) is 0 Å². The molecule has 0 radical (unpaired) electrons. The minimum atomic E-state index is -3.45. The quantitative estimate of drug-likeness (QED) is 0.640. The van der Waals surface area contributed by atoms with E-state index in [9.17, 15) is 13.2 Å². The lowest BCUT2D eigenvalue weighted by atomic mass is 9.98. The lowest BCUT2D eigenvalue weighted by Crippen LogP contribution is -2.43. The zero-order valence-corrected chi connectivity index (χ0v) is 18.8. The van der Waals surface area contributed by atoms with E-state index in [-0.39, 0.29) is 11.8 Å². The Morgan fingerprint density at radius 3 is 2.52 bits per heavy atom. The summed E-state index contributed by atoms with van der Waals surface area (Å²) in [5, 5.41) is 2.94. The van der Waals surface area contributed by atoms with Crippen LogP contribution >= 0.6 is 0 Å². The number of rotatable bonds is 9. The van der Waals surface area contributed by atoms with Crippen LogP contribution in [-0.2, 0) is 26.2 Å². The van der Waals surface area contributed by atoms with Gasteiger partial charge in [0.05, 0.1) is 18.6 Å². The lowest BCUT2D eigenvalue weighted by molar-refractivity contribution is -0.132. The number of hydrogen-bond donors (Lipinski definition) is 1. The smallest absolute Gasteiger partial charge is 0.248 e. The van der Waals surface area contributed by atoms with Crippen LogP contribution in [0.3, 0.4) is 0 Å². The number of sulfonamides is 1. The summed E-state index contributed by atoms with van der Waals surface area (Å²) in [6, 6.07) is 16.0. The monoisotopic (exact) mass is 446 g/mol. The predicted molar refractivity (Wildman–Crippen MR) is 118 cm³/mol. The standard InChI is InChI=1S/C23H30N2O5S/c1-18(30-17-20-7-6-8-21(15-20)29-2)23(26)24-16-19-11-13-25(14-12-19)31(27,28)22-9-4-3-5-10-22/h3-10,15,18-19H,11-14,16-17H2,1-2H3,(H,24,26). The summed E-state index contributed by atoms with van der Waals surface area (Å²) in [6.45, 7) is 3.48. The van der Waals surface area contributed by atoms with Crippen LogP contribution in [-0.4, -0.2) is 51.5 Å². The Bertz CT molecular complexity index is 957. The van der Waals surface area contributed by atoms with Gasteiger partial charge in [0.15, 0.2) is 0 Å². The highest BCUT2D eigenvalue weighted by atomic mass is 32.2. The molecule has 1 amide bonds. The van der Waals surface area contributed by atoms with Crippen molar-refractivity contribution in [3.8, 4) is 5.75 Å². The van der Waals surface area contributed by atoms with Crippen molar-refractivity contribution in [1.29, 1.82) is 0 Å². The van der Waals surface area contributed by atoms with Crippen molar-refractivity contribution in [3.63, 3.8) is 0 Å². The Morgan fingerprint density at radius 2 is 1.84 bits per heavy atom. The van der Waals surface area contributed by atoms with Crippen molar-refractivity contribution in [2.24, 2.45) is 5.92 Å². The number of ether oxygens (including phenoxy) is 2. The van der Waals surface area contributed by atoms with E-state index in [4.69, 9.17) is 9.47 Å². The van der Waals surface area contributed by atoms with Gasteiger partial charge in [0.25, 0.3) is 0 Å². The van der Waals surface area contributed by atoms with Crippen LogP contribution in [0, 0.1) is 5.92 Å². The average Bonchev–Trinajstić information content (AvgIpc) is 2.82. The van der Waals surface area contributed by atoms with Crippen molar-refractivity contribution in [2.75, 3.05) is 26.7 Å². The molecule has 0 spiro atoms. The van der Waals surface area contributed by atoms with Crippen LogP contribution < -0.4 is 10.1 Å². The fraction of sp³-hybridized carbons (Fsp3) is 0.435. The molecule has 2 aromatic carbocycles. The average molecular weight is 447 g/mol. The van der Waals surface area contributed by atoms with Crippen molar-refractivity contribution >= 4 is 15.9 Å². The fourth-order valence-corrected chi connectivity index (χ4v) is 5.03. The molecule has 168 valence electrons. The summed E-state index contributed by atoms with van der Waals surface area (Å²) in [5.41, 5.74) is 0.936. The first-order valence-corrected chi connectivity index (χ1v) is 11.9. The Labute approximate surface area is 184 Å². The van der Waals surface area contributed by atoms with Crippen molar-refractivity contribution in [3.05, 3.63) is 60.2 Å². The third kappa shape index (κ3) is 6.29. The molecule has 7 nitrogen and oxygen atoms in total. The molecule has 1 unspecified atom stereocenters. The molecule has 0 aliphatic carbocycles. The van der Waals surface area contributed by atoms with E-state index in [1.807, 2.05) is 24.3 Å². The molecule has 1 heterocycles. The topological polar surface area (TPSA) is 84.9 Å². The van der Waals surface area contributed by atoms with Crippen molar-refractivity contribution < 1.29 is 22.7 Å². The van der Waals surface area contributed by atoms with E-state index >= 15 is 0 Å². The molecule has 1 atom stereocenters. The Hall–Kier alpha value is -2.42. The number of amides is 1. The van der Waals surface area contributed by atoms with Crippen molar-refractivity contribution in [2.45, 2.75) is 37.4 Å². The van der Waals surface area contributed by atoms with Gasteiger partial charge in [0.1, 0.15) is 11.9 Å². The molecule has 0 bridgehead atoms. The van der Waals surface area contributed by atoms with E-state index in [0.717, 1.165) is 11.3 Å². The van der Waals surface area contributed by atoms with Gasteiger partial charge in [-0.15, -0.1) is 0 Å². The second kappa shape index (κ2) is 10.7. The Morgan fingerprint density at radius 1 is 1.13 bits per heavy atom. The molecule has 0 aromatic heterocycles. The molecule has 0 saturated carbocycles. The first-order valence-electron chi connectivity index (χ1n) is 10.5. The summed E-state index contributed by atoms with van der Waals surface area (Å²) in [4.78, 5) is 12.7. The van der Waals surface area contributed by atoms with Gasteiger partial charge in [0, 0.05) is 19.6 Å². The molecule has 1 aliphatic rings. The van der Waals surface area contributed by atoms with Crippen LogP contribution in [0.15, 0.2) is 59.5 Å². The van der Waals surface area contributed by atoms with Gasteiger partial charge in [-0.05, 0) is 55.5 Å². The first kappa shape index (κ1) is 23.2. The van der Waals surface area contributed by atoms with E-state index in [0.29, 0.717) is 44.0 Å². The molecule has 3 rings (SSSR count). The predicted octanol–water partition coefficient (Wildman–Crippen LogP) is 2.82. The molecule has 1 saturated heterocycles. The second-order valence-corrected chi connectivity index (χ2v) is 9.65. The highest BCUT2D eigenvalue weighted by Crippen LogP contribution is 2.23. The molecular weight excluding hydrogens is 416 g/mol. The van der Waals surface area contributed by atoms with Gasteiger partial charge >= 0.3 is 0 Å². The summed E-state index contributed by atoms with van der Waals surface area (Å²) in [6.07, 6.45) is 0.848. The third-order valence-electron chi connectivity index (χ3n) is 5.52. The SMILES string of the molecule is COc1cccc(COC(C)C(=O)NCC2CCN(S(=O)(=O)c3ccccc3)CC2)c1. The minimum absolute atomic E-state index is 0.165. The number of carbonyl (C=O) groups is 1. The van der Waals surface area contributed by atoms with Gasteiger partial charge in [0.2, 0.25) is 15.9 Å². The molecule has 2 aromatic rings. The maximum absolute atomic E-state index is 12.7. The van der Waals surface area contributed by atoms with E-state index in [2.05, 4.69) is 5.32 Å². The highest BCUT2D eigenvalue weighted by molar-refractivity contribution is 7.89. The summed E-state index contributed by atoms with van der Waals surface area (Å²) >= 11 is 0. The van der Waals surface area contributed by atoms with Crippen LogP contribution in [0.2, 0.25) is 0 Å². The van der Waals surface area contributed by atoms with Gasteiger partial charge in [-0.2, -0.15) is 4.31 Å². The van der Waals surface area contributed by atoms with Crippen LogP contribution in [0.1, 0.15) is 25.3 Å².